The molecule has 0 rings (SSSR count). The molecule has 0 amide bonds. The maximum Gasteiger partial charge on any atom is 0.334 e. The molecule has 5 nitrogen and oxygen atoms in total. The van der Waals surface area contributed by atoms with Crippen LogP contribution >= 0.6 is 0 Å². The molecule has 8 heteroatoms. The third-order valence-electron chi connectivity index (χ3n) is 6.83. The van der Waals surface area contributed by atoms with Crippen LogP contribution in [0.5, 0.6) is 0 Å². The highest BCUT2D eigenvalue weighted by Crippen LogP contribution is 2.39. The van der Waals surface area contributed by atoms with E-state index in [1.165, 1.54) is 0 Å². The van der Waals surface area contributed by atoms with Crippen LogP contribution in [0.25, 0.3) is 0 Å². The van der Waals surface area contributed by atoms with Gasteiger partial charge < -0.3 is 22.4 Å². The van der Waals surface area contributed by atoms with E-state index in [2.05, 4.69) is 74.3 Å². The molecule has 0 aromatic carbocycles. The predicted octanol–water partition coefficient (Wildman–Crippen LogP) is 6.95. The van der Waals surface area contributed by atoms with Crippen molar-refractivity contribution in [1.29, 1.82) is 0 Å². The lowest BCUT2D eigenvalue weighted by Gasteiger charge is -2.41. The van der Waals surface area contributed by atoms with Crippen molar-refractivity contribution in [3.05, 3.63) is 0 Å². The standard InChI is InChI=1S/C23H54O5Si3/c1-14-25-31(13,26-15-2)18-16-17-24-19-21(28-30(11,12)23(6,7)8)20-27-29(9,10)22(3,4)5/h21H,14-20H2,1-13H3. The summed E-state index contributed by atoms with van der Waals surface area (Å²) in [5, 5.41) is 0.341. The molecule has 0 aliphatic rings. The molecule has 0 N–H and O–H groups in total. The first-order chi connectivity index (χ1) is 13.9. The summed E-state index contributed by atoms with van der Waals surface area (Å²) < 4.78 is 31.2. The van der Waals surface area contributed by atoms with Crippen LogP contribution in [-0.2, 0) is 22.4 Å². The van der Waals surface area contributed by atoms with Gasteiger partial charge in [-0.25, -0.2) is 0 Å². The lowest BCUT2D eigenvalue weighted by atomic mass is 10.2. The Morgan fingerprint density at radius 2 is 1.16 bits per heavy atom. The Balaban J connectivity index is 4.92. The summed E-state index contributed by atoms with van der Waals surface area (Å²) in [6, 6.07) is 0.947. The summed E-state index contributed by atoms with van der Waals surface area (Å²) in [4.78, 5) is 0. The molecule has 188 valence electrons. The number of hydrogen-bond acceptors (Lipinski definition) is 5. The summed E-state index contributed by atoms with van der Waals surface area (Å²) in [6.07, 6.45) is 0.913. The summed E-state index contributed by atoms with van der Waals surface area (Å²) in [5.41, 5.74) is 0. The second-order valence-corrected chi connectivity index (χ2v) is 24.7. The molecule has 0 aromatic heterocycles. The van der Waals surface area contributed by atoms with Crippen LogP contribution in [0.1, 0.15) is 61.8 Å². The van der Waals surface area contributed by atoms with Crippen molar-refractivity contribution in [3.63, 3.8) is 0 Å². The fourth-order valence-electron chi connectivity index (χ4n) is 2.73. The highest BCUT2D eigenvalue weighted by molar-refractivity contribution is 6.74. The van der Waals surface area contributed by atoms with Gasteiger partial charge in [-0.1, -0.05) is 41.5 Å². The normalized spacial score (nSPS) is 15.4. The summed E-state index contributed by atoms with van der Waals surface area (Å²) >= 11 is 0. The number of hydrogen-bond donors (Lipinski definition) is 0. The van der Waals surface area contributed by atoms with Gasteiger partial charge >= 0.3 is 8.56 Å². The van der Waals surface area contributed by atoms with E-state index in [1.54, 1.807) is 0 Å². The predicted molar refractivity (Wildman–Crippen MR) is 140 cm³/mol. The molecule has 0 saturated carbocycles. The molecule has 0 aromatic rings. The fraction of sp³-hybridized carbons (Fsp3) is 1.00. The Hall–Kier alpha value is 0.451. The Morgan fingerprint density at radius 1 is 0.677 bits per heavy atom. The van der Waals surface area contributed by atoms with Gasteiger partial charge in [-0.15, -0.1) is 0 Å². The van der Waals surface area contributed by atoms with Crippen LogP contribution in [0.2, 0.25) is 48.9 Å². The first kappa shape index (κ1) is 31.5. The van der Waals surface area contributed by atoms with E-state index in [0.29, 0.717) is 33.0 Å². The molecule has 1 atom stereocenters. The van der Waals surface area contributed by atoms with Gasteiger partial charge in [0.15, 0.2) is 16.6 Å². The molecular formula is C23H54O5Si3. The van der Waals surface area contributed by atoms with E-state index in [9.17, 15) is 0 Å². The minimum absolute atomic E-state index is 0.0302. The van der Waals surface area contributed by atoms with E-state index < -0.39 is 25.2 Å². The monoisotopic (exact) mass is 494 g/mol. The average molecular weight is 495 g/mol. The largest absolute Gasteiger partial charge is 0.414 e. The lowest BCUT2D eigenvalue weighted by Crippen LogP contribution is -2.49. The zero-order valence-corrected chi connectivity index (χ0v) is 26.1. The molecule has 0 spiro atoms. The van der Waals surface area contributed by atoms with Crippen LogP contribution in [0.3, 0.4) is 0 Å². The quantitative estimate of drug-likeness (QED) is 0.182. The van der Waals surface area contributed by atoms with Crippen LogP contribution in [0.4, 0.5) is 0 Å². The third kappa shape index (κ3) is 11.4. The second kappa shape index (κ2) is 12.8. The highest BCUT2D eigenvalue weighted by Gasteiger charge is 2.41. The Bertz CT molecular complexity index is 492. The van der Waals surface area contributed by atoms with E-state index in [0.717, 1.165) is 12.5 Å². The van der Waals surface area contributed by atoms with Gasteiger partial charge in [0.2, 0.25) is 0 Å². The molecule has 0 fully saturated rings. The third-order valence-corrected chi connectivity index (χ3v) is 18.9. The van der Waals surface area contributed by atoms with Crippen molar-refractivity contribution in [2.45, 2.75) is 117 Å². The van der Waals surface area contributed by atoms with Crippen molar-refractivity contribution in [1.82, 2.24) is 0 Å². The molecule has 1 unspecified atom stereocenters. The van der Waals surface area contributed by atoms with Gasteiger partial charge in [0.25, 0.3) is 0 Å². The maximum atomic E-state index is 6.71. The Morgan fingerprint density at radius 3 is 1.58 bits per heavy atom. The topological polar surface area (TPSA) is 46.2 Å². The van der Waals surface area contributed by atoms with Crippen molar-refractivity contribution >= 4 is 25.2 Å². The van der Waals surface area contributed by atoms with Crippen LogP contribution in [0, 0.1) is 0 Å². The summed E-state index contributed by atoms with van der Waals surface area (Å²) in [6.45, 7) is 32.3. The second-order valence-electron chi connectivity index (χ2n) is 11.7. The van der Waals surface area contributed by atoms with Crippen molar-refractivity contribution in [2.24, 2.45) is 0 Å². The van der Waals surface area contributed by atoms with Crippen molar-refractivity contribution < 1.29 is 22.4 Å². The van der Waals surface area contributed by atoms with E-state index >= 15 is 0 Å². The van der Waals surface area contributed by atoms with Gasteiger partial charge in [0.05, 0.1) is 19.3 Å². The SMILES string of the molecule is CCO[Si](C)(CCCOCC(CO[Si](C)(C)C(C)(C)C)O[Si](C)(C)C(C)(C)C)OCC. The molecule has 0 aliphatic carbocycles. The Kier molecular flexibility index (Phi) is 13.0. The van der Waals surface area contributed by atoms with Gasteiger partial charge in [-0.2, -0.15) is 0 Å². The minimum atomic E-state index is -2.07. The minimum Gasteiger partial charge on any atom is -0.414 e. The van der Waals surface area contributed by atoms with E-state index in [4.69, 9.17) is 22.4 Å². The maximum absolute atomic E-state index is 6.71. The van der Waals surface area contributed by atoms with Crippen molar-refractivity contribution in [3.8, 4) is 0 Å². The number of rotatable bonds is 15. The van der Waals surface area contributed by atoms with E-state index in [-0.39, 0.29) is 16.2 Å². The molecule has 0 aliphatic heterocycles. The Labute approximate surface area is 197 Å². The molecular weight excluding hydrogens is 441 g/mol. The van der Waals surface area contributed by atoms with Crippen LogP contribution in [0.15, 0.2) is 0 Å². The van der Waals surface area contributed by atoms with E-state index in [1.807, 2.05) is 13.8 Å². The van der Waals surface area contributed by atoms with Crippen molar-refractivity contribution in [2.75, 3.05) is 33.0 Å². The summed E-state index contributed by atoms with van der Waals surface area (Å²) in [5.74, 6) is 0. The fourth-order valence-corrected chi connectivity index (χ4v) is 7.47. The average Bonchev–Trinajstić information content (AvgIpc) is 2.57. The summed E-state index contributed by atoms with van der Waals surface area (Å²) in [7, 11) is -5.82. The smallest absolute Gasteiger partial charge is 0.334 e. The van der Waals surface area contributed by atoms with Crippen LogP contribution in [-0.4, -0.2) is 64.3 Å². The van der Waals surface area contributed by atoms with Gasteiger partial charge in [-0.05, 0) is 69.1 Å². The lowest BCUT2D eigenvalue weighted by molar-refractivity contribution is 0.0154. The zero-order valence-electron chi connectivity index (χ0n) is 23.1. The van der Waals surface area contributed by atoms with Gasteiger partial charge in [-0.3, -0.25) is 0 Å². The number of ether oxygens (including phenoxy) is 1. The highest BCUT2D eigenvalue weighted by atomic mass is 28.4. The first-order valence-corrected chi connectivity index (χ1v) is 20.4. The molecule has 0 saturated heterocycles. The van der Waals surface area contributed by atoms with Crippen LogP contribution < -0.4 is 0 Å². The first-order valence-electron chi connectivity index (χ1n) is 12.1. The van der Waals surface area contributed by atoms with Gasteiger partial charge in [0, 0.05) is 19.8 Å². The molecule has 0 radical (unpaired) electrons. The zero-order chi connectivity index (χ0) is 24.6. The molecule has 31 heavy (non-hydrogen) atoms. The molecule has 0 bridgehead atoms. The van der Waals surface area contributed by atoms with Gasteiger partial charge in [0.1, 0.15) is 0 Å². The molecule has 0 heterocycles.